The summed E-state index contributed by atoms with van der Waals surface area (Å²) in [5.74, 6) is -3.89. The average molecular weight is 597 g/mol. The maximum Gasteiger partial charge on any atom is 0.408 e. The van der Waals surface area contributed by atoms with Gasteiger partial charge in [0, 0.05) is 0 Å². The van der Waals surface area contributed by atoms with Crippen molar-refractivity contribution in [1.82, 2.24) is 26.8 Å². The summed E-state index contributed by atoms with van der Waals surface area (Å²) >= 11 is 0. The summed E-state index contributed by atoms with van der Waals surface area (Å²) in [5.41, 5.74) is 11.5. The van der Waals surface area contributed by atoms with Crippen LogP contribution in [0.3, 0.4) is 0 Å². The van der Waals surface area contributed by atoms with E-state index in [2.05, 4.69) is 26.8 Å². The van der Waals surface area contributed by atoms with E-state index in [4.69, 9.17) is 15.2 Å². The molecule has 2 aromatic carbocycles. The van der Waals surface area contributed by atoms with E-state index >= 15 is 0 Å². The van der Waals surface area contributed by atoms with Gasteiger partial charge in [0.1, 0.15) is 24.7 Å². The number of hydrazine groups is 1. The first-order valence-corrected chi connectivity index (χ1v) is 13.7. The number of epoxide rings is 1. The van der Waals surface area contributed by atoms with Gasteiger partial charge in [-0.05, 0) is 37.8 Å². The number of hydrogen-bond acceptors (Lipinski definition) is 8. The normalized spacial score (nSPS) is 17.3. The second-order valence-corrected chi connectivity index (χ2v) is 9.99. The number of hydrogen-bond donors (Lipinski definition) is 6. The minimum absolute atomic E-state index is 0.00606. The van der Waals surface area contributed by atoms with E-state index in [1.807, 2.05) is 36.4 Å². The molecule has 7 N–H and O–H groups in total. The maximum absolute atomic E-state index is 12.7. The van der Waals surface area contributed by atoms with E-state index < -0.39 is 66.3 Å². The molecule has 230 valence electrons. The van der Waals surface area contributed by atoms with Gasteiger partial charge in [0.2, 0.25) is 17.7 Å². The molecule has 1 saturated heterocycles. The Bertz CT molecular complexity index is 1290. The van der Waals surface area contributed by atoms with Crippen molar-refractivity contribution in [3.63, 3.8) is 0 Å². The van der Waals surface area contributed by atoms with Crippen molar-refractivity contribution in [1.29, 1.82) is 0 Å². The van der Waals surface area contributed by atoms with Crippen molar-refractivity contribution >= 4 is 35.6 Å². The van der Waals surface area contributed by atoms with E-state index in [1.165, 1.54) is 13.8 Å². The third-order valence-electron chi connectivity index (χ3n) is 6.44. The molecule has 1 fully saturated rings. The fourth-order valence-electron chi connectivity index (χ4n) is 3.95. The molecule has 5 atom stereocenters. The van der Waals surface area contributed by atoms with Gasteiger partial charge in [-0.25, -0.2) is 4.79 Å². The molecule has 0 bridgehead atoms. The Hall–Kier alpha value is -4.98. The molecule has 1 aliphatic heterocycles. The zero-order valence-electron chi connectivity index (χ0n) is 23.8. The van der Waals surface area contributed by atoms with Crippen LogP contribution in [0.15, 0.2) is 60.7 Å². The summed E-state index contributed by atoms with van der Waals surface area (Å²) in [5, 5.41) is 7.09. The van der Waals surface area contributed by atoms with Gasteiger partial charge in [0.25, 0.3) is 11.8 Å². The molecule has 3 rings (SSSR count). The number of amides is 6. The van der Waals surface area contributed by atoms with Crippen molar-refractivity contribution < 1.29 is 38.2 Å². The maximum atomic E-state index is 12.7. The van der Waals surface area contributed by atoms with Crippen LogP contribution in [0.1, 0.15) is 37.8 Å². The fraction of sp³-hybridized carbons (Fsp3) is 0.379. The summed E-state index contributed by atoms with van der Waals surface area (Å²) in [4.78, 5) is 73.8. The van der Waals surface area contributed by atoms with Crippen LogP contribution >= 0.6 is 0 Å². The van der Waals surface area contributed by atoms with Crippen LogP contribution in [0.5, 0.6) is 0 Å². The quantitative estimate of drug-likeness (QED) is 0.126. The number of rotatable bonds is 14. The van der Waals surface area contributed by atoms with Crippen LogP contribution in [0.4, 0.5) is 4.79 Å². The lowest BCUT2D eigenvalue weighted by atomic mass is 10.1. The van der Waals surface area contributed by atoms with E-state index in [9.17, 15) is 28.8 Å². The van der Waals surface area contributed by atoms with Gasteiger partial charge in [-0.15, -0.1) is 0 Å². The van der Waals surface area contributed by atoms with Crippen molar-refractivity contribution in [3.8, 4) is 0 Å². The highest BCUT2D eigenvalue weighted by atomic mass is 16.6. The molecule has 6 amide bonds. The van der Waals surface area contributed by atoms with Crippen LogP contribution in [0.25, 0.3) is 0 Å². The Balaban J connectivity index is 1.40. The number of primary amides is 1. The van der Waals surface area contributed by atoms with Gasteiger partial charge in [-0.1, -0.05) is 60.7 Å². The summed E-state index contributed by atoms with van der Waals surface area (Å²) in [6, 6.07) is 15.0. The van der Waals surface area contributed by atoms with Crippen LogP contribution in [0, 0.1) is 0 Å². The summed E-state index contributed by atoms with van der Waals surface area (Å²) in [7, 11) is 0. The van der Waals surface area contributed by atoms with Crippen molar-refractivity contribution in [2.24, 2.45) is 5.73 Å². The molecule has 43 heavy (non-hydrogen) atoms. The minimum atomic E-state index is -1.44. The third kappa shape index (κ3) is 11.1. The lowest BCUT2D eigenvalue weighted by Crippen LogP contribution is -2.58. The Morgan fingerprint density at radius 2 is 1.37 bits per heavy atom. The molecule has 0 spiro atoms. The molecular weight excluding hydrogens is 560 g/mol. The topological polar surface area (TPSA) is 210 Å². The van der Waals surface area contributed by atoms with Gasteiger partial charge in [0.15, 0.2) is 6.10 Å². The first kappa shape index (κ1) is 32.5. The van der Waals surface area contributed by atoms with Gasteiger partial charge in [-0.2, -0.15) is 0 Å². The fourth-order valence-corrected chi connectivity index (χ4v) is 3.95. The monoisotopic (exact) mass is 596 g/mol. The standard InChI is InChI=1S/C29H36N6O8/c1-17(31-25(37)18(2)32-29(41)42-16-20-11-7-4-8-12-20)26(38)33-21(15-23(30)36)27(39)34-35-28(40)24-22(43-24)14-13-19-9-5-3-6-10-19/h3-12,17-18,21-22,24H,13-16H2,1-2H3,(H2,30,36)(H,31,37)(H,32,41)(H,33,38)(H,34,39)(H,35,40)/t17-,18-,21-,22?,24?/m0/s1. The molecular formula is C29H36N6O8. The molecule has 0 aliphatic carbocycles. The first-order valence-electron chi connectivity index (χ1n) is 13.7. The van der Waals surface area contributed by atoms with Gasteiger partial charge in [-0.3, -0.25) is 34.8 Å². The van der Waals surface area contributed by atoms with Crippen LogP contribution in [0.2, 0.25) is 0 Å². The number of benzene rings is 2. The first-order chi connectivity index (χ1) is 20.5. The molecule has 0 saturated carbocycles. The Morgan fingerprint density at radius 3 is 2.00 bits per heavy atom. The Morgan fingerprint density at radius 1 is 0.791 bits per heavy atom. The van der Waals surface area contributed by atoms with E-state index in [1.54, 1.807) is 24.3 Å². The van der Waals surface area contributed by atoms with Crippen LogP contribution in [-0.4, -0.2) is 66.0 Å². The third-order valence-corrected chi connectivity index (χ3v) is 6.44. The summed E-state index contributed by atoms with van der Waals surface area (Å²) in [6.07, 6.45) is -1.11. The number of carbonyl (C=O) groups excluding carboxylic acids is 6. The molecule has 2 aromatic rings. The molecule has 14 nitrogen and oxygen atoms in total. The zero-order valence-corrected chi connectivity index (χ0v) is 23.8. The largest absolute Gasteiger partial charge is 0.445 e. The predicted molar refractivity (Wildman–Crippen MR) is 152 cm³/mol. The SMILES string of the molecule is C[C@H](NC(=O)OCc1ccccc1)C(=O)N[C@@H](C)C(=O)N[C@@H](CC(N)=O)C(=O)NNC(=O)C1OC1CCc1ccccc1. The number of ether oxygens (including phenoxy) is 2. The molecule has 14 heteroatoms. The van der Waals surface area contributed by atoms with E-state index in [-0.39, 0.29) is 12.7 Å². The smallest absolute Gasteiger partial charge is 0.408 e. The van der Waals surface area contributed by atoms with E-state index in [0.717, 1.165) is 17.5 Å². The van der Waals surface area contributed by atoms with Crippen LogP contribution in [-0.2, 0) is 46.5 Å². The number of aryl methyl sites for hydroxylation is 1. The van der Waals surface area contributed by atoms with Crippen LogP contribution < -0.4 is 32.5 Å². The highest BCUT2D eigenvalue weighted by Gasteiger charge is 2.44. The van der Waals surface area contributed by atoms with Gasteiger partial charge in [0.05, 0.1) is 12.5 Å². The molecule has 2 unspecified atom stereocenters. The second-order valence-electron chi connectivity index (χ2n) is 9.99. The second kappa shape index (κ2) is 15.9. The summed E-state index contributed by atoms with van der Waals surface area (Å²) in [6.45, 7) is 2.74. The van der Waals surface area contributed by atoms with Crippen molar-refractivity contribution in [3.05, 3.63) is 71.8 Å². The number of nitrogens with two attached hydrogens (primary N) is 1. The molecule has 1 heterocycles. The Labute approximate surface area is 248 Å². The van der Waals surface area contributed by atoms with Gasteiger partial charge < -0.3 is 31.2 Å². The van der Waals surface area contributed by atoms with Crippen molar-refractivity contribution in [2.45, 2.75) is 70.1 Å². The molecule has 1 aliphatic rings. The highest BCUT2D eigenvalue weighted by molar-refractivity contribution is 5.96. The predicted octanol–water partition coefficient (Wildman–Crippen LogP) is -0.286. The average Bonchev–Trinajstić information content (AvgIpc) is 3.78. The Kier molecular flexibility index (Phi) is 12.0. The number of nitrogens with one attached hydrogen (secondary N) is 5. The number of carbonyl (C=O) groups is 6. The minimum Gasteiger partial charge on any atom is -0.445 e. The lowest BCUT2D eigenvalue weighted by molar-refractivity contribution is -0.135. The highest BCUT2D eigenvalue weighted by Crippen LogP contribution is 2.26. The number of alkyl carbamates (subject to hydrolysis) is 1. The lowest BCUT2D eigenvalue weighted by Gasteiger charge is -2.21. The van der Waals surface area contributed by atoms with Crippen molar-refractivity contribution in [2.75, 3.05) is 0 Å². The zero-order chi connectivity index (χ0) is 31.4. The molecule has 0 aromatic heterocycles. The molecule has 0 radical (unpaired) electrons. The summed E-state index contributed by atoms with van der Waals surface area (Å²) < 4.78 is 10.5. The van der Waals surface area contributed by atoms with Gasteiger partial charge >= 0.3 is 6.09 Å². The van der Waals surface area contributed by atoms with E-state index in [0.29, 0.717) is 6.42 Å².